The van der Waals surface area contributed by atoms with Crippen LogP contribution in [0.1, 0.15) is 29.7 Å². The lowest BCUT2D eigenvalue weighted by atomic mass is 9.99. The third kappa shape index (κ3) is 4.57. The van der Waals surface area contributed by atoms with Gasteiger partial charge in [-0.3, -0.25) is 9.69 Å². The normalized spacial score (nSPS) is 14.7. The average Bonchev–Trinajstić information content (AvgIpc) is 2.72. The minimum absolute atomic E-state index is 0.0104. The van der Waals surface area contributed by atoms with Crippen LogP contribution in [0.5, 0.6) is 17.2 Å². The molecule has 2 aromatic carbocycles. The van der Waals surface area contributed by atoms with E-state index in [-0.39, 0.29) is 11.9 Å². The maximum absolute atomic E-state index is 12.6. The second-order valence-electron chi connectivity index (χ2n) is 6.99. The van der Waals surface area contributed by atoms with Gasteiger partial charge in [-0.05, 0) is 54.8 Å². The number of amides is 1. The lowest BCUT2D eigenvalue weighted by molar-refractivity contribution is -0.123. The van der Waals surface area contributed by atoms with E-state index in [4.69, 9.17) is 14.2 Å². The Balaban J connectivity index is 1.63. The molecule has 3 rings (SSSR count). The average molecular weight is 384 g/mol. The first-order chi connectivity index (χ1) is 13.5. The molecule has 1 aliphatic heterocycles. The SMILES string of the molecule is COc1ccc2c(c1)CN(CC(=O)N[C@H](C)c1cc(OC)ccc1OC)CC2. The Hall–Kier alpha value is -2.73. The summed E-state index contributed by atoms with van der Waals surface area (Å²) in [7, 11) is 4.92. The summed E-state index contributed by atoms with van der Waals surface area (Å²) in [6, 6.07) is 11.6. The zero-order valence-corrected chi connectivity index (χ0v) is 17.0. The number of nitrogens with zero attached hydrogens (tertiary/aromatic N) is 1. The Kier molecular flexibility index (Phi) is 6.41. The van der Waals surface area contributed by atoms with Crippen LogP contribution >= 0.6 is 0 Å². The standard InChI is InChI=1S/C22H28N2O4/c1-15(20-12-19(27-3)7-8-21(20)28-4)23-22(25)14-24-10-9-16-5-6-18(26-2)11-17(16)13-24/h5-8,11-12,15H,9-10,13-14H2,1-4H3,(H,23,25)/t15-/m1/s1. The fourth-order valence-electron chi connectivity index (χ4n) is 3.60. The summed E-state index contributed by atoms with van der Waals surface area (Å²) in [6.45, 7) is 3.92. The molecule has 6 nitrogen and oxygen atoms in total. The first-order valence-corrected chi connectivity index (χ1v) is 9.43. The van der Waals surface area contributed by atoms with Crippen molar-refractivity contribution < 1.29 is 19.0 Å². The summed E-state index contributed by atoms with van der Waals surface area (Å²) in [5, 5.41) is 3.08. The molecule has 0 saturated carbocycles. The van der Waals surface area contributed by atoms with Gasteiger partial charge in [0.25, 0.3) is 0 Å². The number of carbonyl (C=O) groups excluding carboxylic acids is 1. The quantitative estimate of drug-likeness (QED) is 0.795. The molecule has 1 aliphatic rings. The number of benzene rings is 2. The molecule has 0 unspecified atom stereocenters. The van der Waals surface area contributed by atoms with Crippen LogP contribution in [0.4, 0.5) is 0 Å². The molecule has 1 atom stereocenters. The molecule has 6 heteroatoms. The van der Waals surface area contributed by atoms with E-state index in [2.05, 4.69) is 22.3 Å². The van der Waals surface area contributed by atoms with Gasteiger partial charge in [-0.2, -0.15) is 0 Å². The van der Waals surface area contributed by atoms with E-state index in [1.807, 2.05) is 31.2 Å². The molecule has 1 amide bonds. The fourth-order valence-corrected chi connectivity index (χ4v) is 3.60. The van der Waals surface area contributed by atoms with Crippen LogP contribution < -0.4 is 19.5 Å². The van der Waals surface area contributed by atoms with Crippen LogP contribution in [-0.2, 0) is 17.8 Å². The van der Waals surface area contributed by atoms with Crippen molar-refractivity contribution in [3.63, 3.8) is 0 Å². The van der Waals surface area contributed by atoms with Crippen LogP contribution in [0.3, 0.4) is 0 Å². The summed E-state index contributed by atoms with van der Waals surface area (Å²) in [5.74, 6) is 2.30. The van der Waals surface area contributed by atoms with E-state index in [1.165, 1.54) is 11.1 Å². The minimum atomic E-state index is -0.185. The van der Waals surface area contributed by atoms with Gasteiger partial charge in [-0.25, -0.2) is 0 Å². The van der Waals surface area contributed by atoms with Gasteiger partial charge >= 0.3 is 0 Å². The van der Waals surface area contributed by atoms with E-state index in [0.29, 0.717) is 6.54 Å². The molecule has 0 fully saturated rings. The van der Waals surface area contributed by atoms with Crippen molar-refractivity contribution in [1.29, 1.82) is 0 Å². The van der Waals surface area contributed by atoms with Crippen molar-refractivity contribution >= 4 is 5.91 Å². The Labute approximate surface area is 166 Å². The highest BCUT2D eigenvalue weighted by Crippen LogP contribution is 2.29. The summed E-state index contributed by atoms with van der Waals surface area (Å²) in [4.78, 5) is 14.8. The molecule has 0 radical (unpaired) electrons. The number of methoxy groups -OCH3 is 3. The molecule has 0 bridgehead atoms. The molecule has 28 heavy (non-hydrogen) atoms. The highest BCUT2D eigenvalue weighted by Gasteiger charge is 2.21. The van der Waals surface area contributed by atoms with Crippen LogP contribution in [0, 0.1) is 0 Å². The van der Waals surface area contributed by atoms with Crippen LogP contribution in [-0.4, -0.2) is 45.2 Å². The van der Waals surface area contributed by atoms with Crippen molar-refractivity contribution in [3.8, 4) is 17.2 Å². The number of fused-ring (bicyclic) bond motifs is 1. The second-order valence-corrected chi connectivity index (χ2v) is 6.99. The summed E-state index contributed by atoms with van der Waals surface area (Å²) >= 11 is 0. The van der Waals surface area contributed by atoms with E-state index in [1.54, 1.807) is 21.3 Å². The largest absolute Gasteiger partial charge is 0.497 e. The summed E-state index contributed by atoms with van der Waals surface area (Å²) in [6.07, 6.45) is 0.936. The Morgan fingerprint density at radius 3 is 2.46 bits per heavy atom. The van der Waals surface area contributed by atoms with Gasteiger partial charge in [0.15, 0.2) is 0 Å². The van der Waals surface area contributed by atoms with E-state index >= 15 is 0 Å². The van der Waals surface area contributed by atoms with Crippen molar-refractivity contribution in [2.24, 2.45) is 0 Å². The van der Waals surface area contributed by atoms with Crippen molar-refractivity contribution in [3.05, 3.63) is 53.1 Å². The zero-order valence-electron chi connectivity index (χ0n) is 17.0. The lowest BCUT2D eigenvalue weighted by Gasteiger charge is -2.29. The van der Waals surface area contributed by atoms with E-state index in [9.17, 15) is 4.79 Å². The highest BCUT2D eigenvalue weighted by atomic mass is 16.5. The zero-order chi connectivity index (χ0) is 20.1. The predicted molar refractivity (Wildman–Crippen MR) is 108 cm³/mol. The molecule has 1 heterocycles. The first kappa shape index (κ1) is 20.0. The monoisotopic (exact) mass is 384 g/mol. The van der Waals surface area contributed by atoms with Gasteiger partial charge in [0, 0.05) is 18.7 Å². The molecule has 0 saturated heterocycles. The number of hydrogen-bond acceptors (Lipinski definition) is 5. The smallest absolute Gasteiger partial charge is 0.234 e. The maximum atomic E-state index is 12.6. The minimum Gasteiger partial charge on any atom is -0.497 e. The highest BCUT2D eigenvalue weighted by molar-refractivity contribution is 5.78. The third-order valence-corrected chi connectivity index (χ3v) is 5.15. The molecule has 1 N–H and O–H groups in total. The molecular formula is C22H28N2O4. The number of rotatable bonds is 7. The number of hydrogen-bond donors (Lipinski definition) is 1. The van der Waals surface area contributed by atoms with E-state index < -0.39 is 0 Å². The van der Waals surface area contributed by atoms with Crippen molar-refractivity contribution in [2.45, 2.75) is 25.9 Å². The molecule has 0 aromatic heterocycles. The van der Waals surface area contributed by atoms with Crippen molar-refractivity contribution in [2.75, 3.05) is 34.4 Å². The first-order valence-electron chi connectivity index (χ1n) is 9.43. The van der Waals surface area contributed by atoms with Gasteiger partial charge in [-0.15, -0.1) is 0 Å². The van der Waals surface area contributed by atoms with Crippen LogP contribution in [0.2, 0.25) is 0 Å². The maximum Gasteiger partial charge on any atom is 0.234 e. The summed E-state index contributed by atoms with van der Waals surface area (Å²) < 4.78 is 16.0. The van der Waals surface area contributed by atoms with Gasteiger partial charge in [0.2, 0.25) is 5.91 Å². The lowest BCUT2D eigenvalue weighted by Crippen LogP contribution is -2.40. The molecule has 0 aliphatic carbocycles. The molecular weight excluding hydrogens is 356 g/mol. The predicted octanol–water partition coefficient (Wildman–Crippen LogP) is 2.95. The van der Waals surface area contributed by atoms with Crippen molar-refractivity contribution in [1.82, 2.24) is 10.2 Å². The summed E-state index contributed by atoms with van der Waals surface area (Å²) in [5.41, 5.74) is 3.44. The Morgan fingerprint density at radius 2 is 1.75 bits per heavy atom. The van der Waals surface area contributed by atoms with Gasteiger partial charge < -0.3 is 19.5 Å². The van der Waals surface area contributed by atoms with Gasteiger partial charge in [0.1, 0.15) is 17.2 Å². The molecule has 0 spiro atoms. The Morgan fingerprint density at radius 1 is 1.04 bits per heavy atom. The third-order valence-electron chi connectivity index (χ3n) is 5.15. The Bertz CT molecular complexity index is 837. The topological polar surface area (TPSA) is 60.0 Å². The van der Waals surface area contributed by atoms with Crippen LogP contribution in [0.15, 0.2) is 36.4 Å². The second kappa shape index (κ2) is 8.97. The molecule has 2 aromatic rings. The number of ether oxygens (including phenoxy) is 3. The number of nitrogens with one attached hydrogen (secondary N) is 1. The van der Waals surface area contributed by atoms with E-state index in [0.717, 1.165) is 42.3 Å². The van der Waals surface area contributed by atoms with Gasteiger partial charge in [-0.1, -0.05) is 6.07 Å². The van der Waals surface area contributed by atoms with Crippen LogP contribution in [0.25, 0.3) is 0 Å². The molecule has 150 valence electrons. The van der Waals surface area contributed by atoms with Gasteiger partial charge in [0.05, 0.1) is 33.9 Å². The number of carbonyl (C=O) groups is 1. The fraction of sp³-hybridized carbons (Fsp3) is 0.409.